The van der Waals surface area contributed by atoms with Gasteiger partial charge in [0.2, 0.25) is 0 Å². The van der Waals surface area contributed by atoms with Gasteiger partial charge in [-0.25, -0.2) is 4.18 Å². The number of ether oxygens (including phenoxy) is 2. The smallest absolute Gasteiger partial charge is 0.397 e. The minimum Gasteiger partial charge on any atom is -0.461 e. The molecule has 10 heteroatoms. The van der Waals surface area contributed by atoms with Gasteiger partial charge in [-0.2, -0.15) is 8.42 Å². The van der Waals surface area contributed by atoms with Crippen molar-refractivity contribution in [3.8, 4) is 0 Å². The van der Waals surface area contributed by atoms with Crippen LogP contribution in [0.2, 0.25) is 0 Å². The molecule has 1 atom stereocenters. The molecule has 0 amide bonds. The van der Waals surface area contributed by atoms with Crippen molar-refractivity contribution in [2.24, 2.45) is 0 Å². The minimum absolute atomic E-state index is 0.00128. The maximum absolute atomic E-state index is 12.5. The fourth-order valence-electron chi connectivity index (χ4n) is 4.38. The number of carbonyl (C=O) groups excluding carboxylic acids is 2. The summed E-state index contributed by atoms with van der Waals surface area (Å²) in [5.41, 5.74) is 0. The monoisotopic (exact) mass is 566 g/mol. The third kappa shape index (κ3) is 25.1. The second kappa shape index (κ2) is 22.6. The molecule has 0 aromatic heterocycles. The number of esters is 2. The summed E-state index contributed by atoms with van der Waals surface area (Å²) in [5, 5.41) is 0. The Balaban J connectivity index is 4.62. The normalized spacial score (nSPS) is 12.9. The topological polar surface area (TPSA) is 116 Å². The van der Waals surface area contributed by atoms with Crippen molar-refractivity contribution in [2.45, 2.75) is 129 Å². The van der Waals surface area contributed by atoms with Gasteiger partial charge in [0.05, 0.1) is 27.2 Å². The molecule has 0 fully saturated rings. The lowest BCUT2D eigenvalue weighted by Crippen LogP contribution is -2.49. The van der Waals surface area contributed by atoms with Gasteiger partial charge in [0.25, 0.3) is 0 Å². The highest BCUT2D eigenvalue weighted by molar-refractivity contribution is 7.80. The number of hydrogen-bond donors (Lipinski definition) is 1. The van der Waals surface area contributed by atoms with E-state index in [-0.39, 0.29) is 25.2 Å². The van der Waals surface area contributed by atoms with Crippen molar-refractivity contribution in [3.63, 3.8) is 0 Å². The largest absolute Gasteiger partial charge is 0.461 e. The van der Waals surface area contributed by atoms with E-state index in [4.69, 9.17) is 14.0 Å². The number of nitrogens with zero attached hydrogens (tertiary/aromatic N) is 1. The summed E-state index contributed by atoms with van der Waals surface area (Å²) in [6, 6.07) is 0. The van der Waals surface area contributed by atoms with E-state index >= 15 is 0 Å². The zero-order valence-electron chi connectivity index (χ0n) is 24.6. The van der Waals surface area contributed by atoms with Gasteiger partial charge in [0, 0.05) is 19.3 Å². The van der Waals surface area contributed by atoms with E-state index in [0.29, 0.717) is 36.8 Å². The molecule has 0 aliphatic carbocycles. The molecule has 0 spiro atoms. The standard InChI is InChI=1S/C28H55NO8S/c1-5-7-9-11-13-15-17-20-27(30)35-25-26(24-29(3,4)22-19-23-36-38(32,33)34)37-28(31)21-18-16-14-12-10-8-6-2/h26H,5-25H2,1-4H3/p+1. The summed E-state index contributed by atoms with van der Waals surface area (Å²) in [4.78, 5) is 24.8. The Morgan fingerprint density at radius 2 is 1.21 bits per heavy atom. The summed E-state index contributed by atoms with van der Waals surface area (Å²) < 4.78 is 46.2. The first-order valence-corrected chi connectivity index (χ1v) is 16.1. The van der Waals surface area contributed by atoms with Crippen molar-refractivity contribution in [2.75, 3.05) is 40.4 Å². The molecule has 0 heterocycles. The summed E-state index contributed by atoms with van der Waals surface area (Å²) in [6.07, 6.45) is 16.1. The van der Waals surface area contributed by atoms with E-state index in [1.807, 2.05) is 14.1 Å². The van der Waals surface area contributed by atoms with Gasteiger partial charge in [-0.1, -0.05) is 90.9 Å². The van der Waals surface area contributed by atoms with Crippen LogP contribution < -0.4 is 0 Å². The van der Waals surface area contributed by atoms with Gasteiger partial charge in [-0.15, -0.1) is 0 Å². The lowest BCUT2D eigenvalue weighted by atomic mass is 10.1. The summed E-state index contributed by atoms with van der Waals surface area (Å²) in [5.74, 6) is -0.570. The van der Waals surface area contributed by atoms with Crippen LogP contribution in [0.15, 0.2) is 0 Å². The first kappa shape index (κ1) is 36.8. The molecule has 1 N–H and O–H groups in total. The highest BCUT2D eigenvalue weighted by Crippen LogP contribution is 2.13. The third-order valence-corrected chi connectivity index (χ3v) is 7.00. The molecule has 0 radical (unpaired) electrons. The Hall–Kier alpha value is -1.23. The van der Waals surface area contributed by atoms with Crippen LogP contribution >= 0.6 is 0 Å². The molecule has 38 heavy (non-hydrogen) atoms. The quantitative estimate of drug-likeness (QED) is 0.0586. The highest BCUT2D eigenvalue weighted by Gasteiger charge is 2.26. The van der Waals surface area contributed by atoms with Crippen LogP contribution in [0.1, 0.15) is 123 Å². The van der Waals surface area contributed by atoms with Gasteiger partial charge in [0.15, 0.2) is 6.10 Å². The molecular weight excluding hydrogens is 510 g/mol. The fraction of sp³-hybridized carbons (Fsp3) is 0.929. The maximum Gasteiger partial charge on any atom is 0.397 e. The van der Waals surface area contributed by atoms with Crippen LogP contribution in [0.25, 0.3) is 0 Å². The zero-order chi connectivity index (χ0) is 28.7. The average Bonchev–Trinajstić information content (AvgIpc) is 2.83. The Kier molecular flexibility index (Phi) is 21.8. The van der Waals surface area contributed by atoms with Crippen LogP contribution in [-0.4, -0.2) is 75.9 Å². The molecule has 0 aliphatic heterocycles. The van der Waals surface area contributed by atoms with Gasteiger partial charge in [0.1, 0.15) is 13.2 Å². The van der Waals surface area contributed by atoms with Gasteiger partial charge in [-0.05, 0) is 12.8 Å². The SMILES string of the molecule is CCCCCCCCCC(=O)OCC(C[N+](C)(C)CCCOS(=O)(=O)O)OC(=O)CCCCCCCCC. The van der Waals surface area contributed by atoms with Crippen LogP contribution in [-0.2, 0) is 33.6 Å². The van der Waals surface area contributed by atoms with Crippen molar-refractivity contribution in [3.05, 3.63) is 0 Å². The van der Waals surface area contributed by atoms with Crippen molar-refractivity contribution in [1.29, 1.82) is 0 Å². The summed E-state index contributed by atoms with van der Waals surface area (Å²) >= 11 is 0. The average molecular weight is 567 g/mol. The van der Waals surface area contributed by atoms with Crippen LogP contribution in [0.4, 0.5) is 0 Å². The first-order valence-electron chi connectivity index (χ1n) is 14.8. The third-order valence-electron chi connectivity index (χ3n) is 6.54. The molecular formula is C28H56NO8S+. The lowest BCUT2D eigenvalue weighted by molar-refractivity contribution is -0.893. The molecule has 1 unspecified atom stereocenters. The van der Waals surface area contributed by atoms with Crippen LogP contribution in [0.3, 0.4) is 0 Å². The second-order valence-electron chi connectivity index (χ2n) is 11.0. The highest BCUT2D eigenvalue weighted by atomic mass is 32.3. The maximum atomic E-state index is 12.5. The predicted octanol–water partition coefficient (Wildman–Crippen LogP) is 6.01. The van der Waals surface area contributed by atoms with E-state index in [1.54, 1.807) is 0 Å². The van der Waals surface area contributed by atoms with Crippen molar-refractivity contribution < 1.29 is 40.7 Å². The minimum atomic E-state index is -4.47. The van der Waals surface area contributed by atoms with E-state index in [0.717, 1.165) is 38.5 Å². The zero-order valence-corrected chi connectivity index (χ0v) is 25.4. The number of unbranched alkanes of at least 4 members (excludes halogenated alkanes) is 12. The molecule has 9 nitrogen and oxygen atoms in total. The van der Waals surface area contributed by atoms with E-state index < -0.39 is 16.5 Å². The Morgan fingerprint density at radius 3 is 1.71 bits per heavy atom. The van der Waals surface area contributed by atoms with E-state index in [9.17, 15) is 18.0 Å². The molecule has 0 aromatic rings. The van der Waals surface area contributed by atoms with Crippen molar-refractivity contribution in [1.82, 2.24) is 0 Å². The van der Waals surface area contributed by atoms with Gasteiger partial charge in [-0.3, -0.25) is 14.1 Å². The number of hydrogen-bond acceptors (Lipinski definition) is 7. The Labute approximate surface area is 232 Å². The first-order chi connectivity index (χ1) is 18.0. The van der Waals surface area contributed by atoms with E-state index in [1.165, 1.54) is 51.4 Å². The molecule has 0 saturated carbocycles. The summed E-state index contributed by atoms with van der Waals surface area (Å²) in [6.45, 7) is 5.16. The molecule has 0 bridgehead atoms. The second-order valence-corrected chi connectivity index (χ2v) is 12.1. The number of rotatable bonds is 26. The molecule has 0 saturated heterocycles. The van der Waals surface area contributed by atoms with Crippen LogP contribution in [0, 0.1) is 0 Å². The fourth-order valence-corrected chi connectivity index (χ4v) is 4.71. The number of quaternary nitrogens is 1. The predicted molar refractivity (Wildman–Crippen MR) is 150 cm³/mol. The Morgan fingerprint density at radius 1 is 0.737 bits per heavy atom. The number of carbonyl (C=O) groups is 2. The molecule has 0 aromatic carbocycles. The molecule has 226 valence electrons. The Bertz CT molecular complexity index is 712. The van der Waals surface area contributed by atoms with Gasteiger partial charge < -0.3 is 14.0 Å². The molecule has 0 rings (SSSR count). The van der Waals surface area contributed by atoms with Crippen molar-refractivity contribution >= 4 is 22.3 Å². The van der Waals surface area contributed by atoms with E-state index in [2.05, 4.69) is 18.0 Å². The van der Waals surface area contributed by atoms with Crippen LogP contribution in [0.5, 0.6) is 0 Å². The summed E-state index contributed by atoms with van der Waals surface area (Å²) in [7, 11) is -0.624. The lowest BCUT2D eigenvalue weighted by Gasteiger charge is -2.33. The molecule has 0 aliphatic rings. The van der Waals surface area contributed by atoms with Gasteiger partial charge >= 0.3 is 22.3 Å². The number of likely N-dealkylation sites (N-methyl/N-ethyl adjacent to an activating group) is 1.